The number of aromatic amines is 2. The predicted molar refractivity (Wildman–Crippen MR) is 182 cm³/mol. The van der Waals surface area contributed by atoms with E-state index in [2.05, 4.69) is 19.9 Å². The fourth-order valence-corrected chi connectivity index (χ4v) is 6.90. The summed E-state index contributed by atoms with van der Waals surface area (Å²) in [6.07, 6.45) is -0.826. The van der Waals surface area contributed by atoms with Crippen LogP contribution in [0.5, 0.6) is 0 Å². The van der Waals surface area contributed by atoms with Gasteiger partial charge in [-0.2, -0.15) is 17.6 Å². The molecule has 0 spiro atoms. The third kappa shape index (κ3) is 7.19. The van der Waals surface area contributed by atoms with Crippen LogP contribution in [-0.2, 0) is 9.59 Å². The summed E-state index contributed by atoms with van der Waals surface area (Å²) in [5, 5.41) is 0. The maximum absolute atomic E-state index is 15.2. The number of nitrogens with one attached hydrogen (secondary N) is 2. The van der Waals surface area contributed by atoms with Gasteiger partial charge in [-0.3, -0.25) is 9.59 Å². The molecule has 266 valence electrons. The van der Waals surface area contributed by atoms with Crippen molar-refractivity contribution in [2.45, 2.75) is 77.7 Å². The molecule has 4 atom stereocenters. The van der Waals surface area contributed by atoms with Gasteiger partial charge in [-0.25, -0.2) is 9.97 Å². The first-order valence-corrected chi connectivity index (χ1v) is 17.1. The maximum Gasteiger partial charge on any atom is 0.393 e. The van der Waals surface area contributed by atoms with Gasteiger partial charge in [-0.1, -0.05) is 76.2 Å². The molecule has 0 radical (unpaired) electrons. The molecular weight excluding hydrogens is 650 g/mol. The first kappa shape index (κ1) is 35.3. The molecule has 2 aliphatic rings. The Hall–Kier alpha value is -4.52. The molecule has 0 bridgehead atoms. The van der Waals surface area contributed by atoms with Crippen LogP contribution >= 0.6 is 0 Å². The zero-order valence-corrected chi connectivity index (χ0v) is 28.6. The zero-order valence-electron chi connectivity index (χ0n) is 28.6. The lowest BCUT2D eigenvalue weighted by molar-refractivity contribution is -0.171. The average Bonchev–Trinajstić information content (AvgIpc) is 3.89. The van der Waals surface area contributed by atoms with Gasteiger partial charge >= 0.3 is 6.18 Å². The van der Waals surface area contributed by atoms with E-state index in [0.717, 1.165) is 52.5 Å². The van der Waals surface area contributed by atoms with Crippen LogP contribution in [0.4, 0.5) is 17.6 Å². The number of nitrogens with zero attached hydrogens (tertiary/aromatic N) is 4. The second-order valence-electron chi connectivity index (χ2n) is 14.2. The van der Waals surface area contributed by atoms with Crippen molar-refractivity contribution in [3.63, 3.8) is 0 Å². The number of rotatable bonds is 9. The standard InChI is InChI=1S/C37H43F4N7O2/c1-20(2)16-30(49)47-15-5-6-28(47)34-43-18-27(44-34)24-11-7-22(8-12-24)23-9-13-25(14-10-23)32-33(38)46-35(45-32)29-17-26(37(39,40)41)19-48(29)36(50)31(42)21(3)4/h7-14,18,20-21,26,28-29,31H,5-6,15-17,19,42H2,1-4H3,(H,43,44)(H,45,46)/t26-,28+,29+,31+/m1/s1. The van der Waals surface area contributed by atoms with Gasteiger partial charge in [-0.05, 0) is 47.8 Å². The fourth-order valence-electron chi connectivity index (χ4n) is 6.90. The van der Waals surface area contributed by atoms with Crippen LogP contribution in [0.3, 0.4) is 0 Å². The van der Waals surface area contributed by atoms with Crippen molar-refractivity contribution < 1.29 is 27.2 Å². The topological polar surface area (TPSA) is 124 Å². The fraction of sp³-hybridized carbons (Fsp3) is 0.459. The van der Waals surface area contributed by atoms with E-state index in [9.17, 15) is 22.8 Å². The van der Waals surface area contributed by atoms with Gasteiger partial charge in [0.1, 0.15) is 17.3 Å². The van der Waals surface area contributed by atoms with Crippen molar-refractivity contribution in [3.05, 3.63) is 72.3 Å². The molecule has 4 aromatic rings. The number of carbonyl (C=O) groups is 2. The Kier molecular flexibility index (Phi) is 9.89. The van der Waals surface area contributed by atoms with Crippen LogP contribution in [-0.4, -0.2) is 66.9 Å². The molecule has 2 saturated heterocycles. The van der Waals surface area contributed by atoms with Gasteiger partial charge in [0.25, 0.3) is 0 Å². The van der Waals surface area contributed by atoms with E-state index in [4.69, 9.17) is 5.73 Å². The van der Waals surface area contributed by atoms with Crippen molar-refractivity contribution >= 4 is 11.8 Å². The number of alkyl halides is 3. The molecule has 6 rings (SSSR count). The molecule has 2 aromatic heterocycles. The summed E-state index contributed by atoms with van der Waals surface area (Å²) in [5.41, 5.74) is 9.99. The number of halogens is 4. The van der Waals surface area contributed by atoms with E-state index in [1.807, 2.05) is 55.1 Å². The highest BCUT2D eigenvalue weighted by Gasteiger charge is 2.51. The Balaban J connectivity index is 1.16. The maximum atomic E-state index is 15.2. The molecule has 9 nitrogen and oxygen atoms in total. The molecule has 50 heavy (non-hydrogen) atoms. The average molecular weight is 694 g/mol. The van der Waals surface area contributed by atoms with Crippen molar-refractivity contribution in [1.29, 1.82) is 0 Å². The van der Waals surface area contributed by atoms with Gasteiger partial charge in [0.15, 0.2) is 0 Å². The number of hydrogen-bond donors (Lipinski definition) is 3. The normalized spacial score (nSPS) is 20.3. The smallest absolute Gasteiger partial charge is 0.340 e. The zero-order chi connectivity index (χ0) is 35.9. The van der Waals surface area contributed by atoms with Gasteiger partial charge in [0.2, 0.25) is 17.8 Å². The number of imidazole rings is 2. The lowest BCUT2D eigenvalue weighted by atomic mass is 10.0. The van der Waals surface area contributed by atoms with Gasteiger partial charge in [0.05, 0.1) is 35.9 Å². The first-order chi connectivity index (χ1) is 23.7. The number of aromatic nitrogens is 4. The van der Waals surface area contributed by atoms with Crippen molar-refractivity contribution in [1.82, 2.24) is 29.7 Å². The van der Waals surface area contributed by atoms with Crippen molar-refractivity contribution in [2.75, 3.05) is 13.1 Å². The molecule has 13 heteroatoms. The molecule has 4 N–H and O–H groups in total. The number of amides is 2. The molecule has 4 heterocycles. The number of carbonyl (C=O) groups excluding carboxylic acids is 2. The third-order valence-corrected chi connectivity index (χ3v) is 9.80. The Morgan fingerprint density at radius 3 is 2.12 bits per heavy atom. The van der Waals surface area contributed by atoms with Crippen LogP contribution in [0, 0.1) is 23.7 Å². The second-order valence-corrected chi connectivity index (χ2v) is 14.2. The highest BCUT2D eigenvalue weighted by Crippen LogP contribution is 2.43. The van der Waals surface area contributed by atoms with Gasteiger partial charge in [0, 0.05) is 25.1 Å². The molecule has 0 aliphatic carbocycles. The number of likely N-dealkylation sites (tertiary alicyclic amines) is 2. The number of hydrogen-bond acceptors (Lipinski definition) is 5. The molecule has 2 amide bonds. The van der Waals surface area contributed by atoms with E-state index in [1.165, 1.54) is 0 Å². The summed E-state index contributed by atoms with van der Waals surface area (Å²) in [7, 11) is 0. The van der Waals surface area contributed by atoms with Crippen molar-refractivity contribution in [2.24, 2.45) is 23.5 Å². The van der Waals surface area contributed by atoms with E-state index in [0.29, 0.717) is 17.9 Å². The minimum atomic E-state index is -4.52. The van der Waals surface area contributed by atoms with E-state index >= 15 is 4.39 Å². The quantitative estimate of drug-likeness (QED) is 0.158. The SMILES string of the molecule is CC(C)CC(=O)N1CCC[C@H]1c1ncc(-c2ccc(-c3ccc(-c4nc([C@@H]5C[C@@H](C(F)(F)F)CN5C(=O)[C@@H](N)C(C)C)[nH]c4F)cc3)cc2)[nH]1. The summed E-state index contributed by atoms with van der Waals surface area (Å²) in [6, 6.07) is 12.8. The molecule has 0 saturated carbocycles. The summed E-state index contributed by atoms with van der Waals surface area (Å²) >= 11 is 0. The summed E-state index contributed by atoms with van der Waals surface area (Å²) < 4.78 is 56.4. The minimum Gasteiger partial charge on any atom is -0.340 e. The van der Waals surface area contributed by atoms with E-state index < -0.39 is 49.0 Å². The number of benzene rings is 2. The molecule has 2 aliphatic heterocycles. The van der Waals surface area contributed by atoms with Crippen LogP contribution in [0.2, 0.25) is 0 Å². The van der Waals surface area contributed by atoms with E-state index in [-0.39, 0.29) is 29.4 Å². The third-order valence-electron chi connectivity index (χ3n) is 9.80. The lowest BCUT2D eigenvalue weighted by Crippen LogP contribution is -2.47. The Labute approximate surface area is 288 Å². The van der Waals surface area contributed by atoms with Crippen LogP contribution in [0.1, 0.15) is 77.1 Å². The van der Waals surface area contributed by atoms with Crippen LogP contribution in [0.15, 0.2) is 54.7 Å². The summed E-state index contributed by atoms with van der Waals surface area (Å²) in [4.78, 5) is 43.8. The monoisotopic (exact) mass is 693 g/mol. The van der Waals surface area contributed by atoms with E-state index in [1.54, 1.807) is 32.2 Å². The molecule has 2 aromatic carbocycles. The van der Waals surface area contributed by atoms with Gasteiger partial charge in [-0.15, -0.1) is 0 Å². The second kappa shape index (κ2) is 14.0. The molecule has 2 fully saturated rings. The van der Waals surface area contributed by atoms with Crippen molar-refractivity contribution in [3.8, 4) is 33.6 Å². The molecule has 0 unspecified atom stereocenters. The predicted octanol–water partition coefficient (Wildman–Crippen LogP) is 7.42. The Morgan fingerprint density at radius 1 is 0.900 bits per heavy atom. The van der Waals surface area contributed by atoms with Gasteiger partial charge < -0.3 is 25.5 Å². The first-order valence-electron chi connectivity index (χ1n) is 17.1. The highest BCUT2D eigenvalue weighted by atomic mass is 19.4. The molecular formula is C37H43F4N7O2. The lowest BCUT2D eigenvalue weighted by Gasteiger charge is -2.27. The van der Waals surface area contributed by atoms with Crippen LogP contribution < -0.4 is 5.73 Å². The minimum absolute atomic E-state index is 0.0419. The summed E-state index contributed by atoms with van der Waals surface area (Å²) in [5.74, 6) is -2.27. The Bertz CT molecular complexity index is 1810. The number of nitrogens with two attached hydrogens (primary N) is 1. The largest absolute Gasteiger partial charge is 0.393 e. The van der Waals surface area contributed by atoms with Crippen LogP contribution in [0.25, 0.3) is 33.6 Å². The highest BCUT2D eigenvalue weighted by molar-refractivity contribution is 5.82. The Morgan fingerprint density at radius 2 is 1.52 bits per heavy atom. The number of H-pyrrole nitrogens is 2. The summed E-state index contributed by atoms with van der Waals surface area (Å²) in [6.45, 7) is 7.71.